The van der Waals surface area contributed by atoms with Gasteiger partial charge in [0.25, 0.3) is 15.9 Å². The minimum Gasteiger partial charge on any atom is -0.379 e. The van der Waals surface area contributed by atoms with Crippen molar-refractivity contribution in [2.45, 2.75) is 4.90 Å². The molecule has 0 spiro atoms. The summed E-state index contributed by atoms with van der Waals surface area (Å²) in [5.74, 6) is -1.00. The van der Waals surface area contributed by atoms with Gasteiger partial charge in [-0.25, -0.2) is 17.8 Å². The van der Waals surface area contributed by atoms with Gasteiger partial charge < -0.3 is 4.74 Å². The molecule has 2 N–H and O–H groups in total. The monoisotopic (exact) mass is 379 g/mol. The van der Waals surface area contributed by atoms with Gasteiger partial charge in [0.2, 0.25) is 0 Å². The number of benzene rings is 2. The molecule has 2 aromatic rings. The number of hydrazine groups is 1. The van der Waals surface area contributed by atoms with Crippen LogP contribution in [-0.2, 0) is 14.8 Å². The fourth-order valence-electron chi connectivity index (χ4n) is 2.42. The molecule has 0 bridgehead atoms. The maximum Gasteiger partial charge on any atom is 0.265 e. The van der Waals surface area contributed by atoms with E-state index >= 15 is 0 Å². The number of amides is 1. The lowest BCUT2D eigenvalue weighted by molar-refractivity contribution is 0.0126. The first-order valence-electron chi connectivity index (χ1n) is 7.97. The van der Waals surface area contributed by atoms with Crippen LogP contribution in [0.15, 0.2) is 53.4 Å². The number of ether oxygens (including phenoxy) is 1. The smallest absolute Gasteiger partial charge is 0.265 e. The van der Waals surface area contributed by atoms with Crippen LogP contribution in [0.3, 0.4) is 0 Å². The van der Waals surface area contributed by atoms with E-state index < -0.39 is 15.8 Å². The van der Waals surface area contributed by atoms with Gasteiger partial charge in [-0.1, -0.05) is 12.1 Å². The van der Waals surface area contributed by atoms with Gasteiger partial charge in [0, 0.05) is 18.7 Å². The van der Waals surface area contributed by atoms with Gasteiger partial charge in [0.1, 0.15) is 5.82 Å². The number of sulfonamides is 1. The molecular weight excluding hydrogens is 361 g/mol. The quantitative estimate of drug-likeness (QED) is 0.824. The molecule has 9 heteroatoms. The van der Waals surface area contributed by atoms with Crippen molar-refractivity contribution in [1.29, 1.82) is 0 Å². The molecule has 1 aliphatic rings. The van der Waals surface area contributed by atoms with Crippen molar-refractivity contribution in [2.24, 2.45) is 0 Å². The Balaban J connectivity index is 1.70. The number of nitrogens with one attached hydrogen (secondary N) is 2. The van der Waals surface area contributed by atoms with E-state index in [9.17, 15) is 17.6 Å². The van der Waals surface area contributed by atoms with Gasteiger partial charge in [-0.15, -0.1) is 0 Å². The highest BCUT2D eigenvalue weighted by atomic mass is 32.2. The van der Waals surface area contributed by atoms with Crippen LogP contribution >= 0.6 is 0 Å². The summed E-state index contributed by atoms with van der Waals surface area (Å²) in [5, 5.41) is 1.75. The summed E-state index contributed by atoms with van der Waals surface area (Å²) in [7, 11) is -3.95. The average molecular weight is 379 g/mol. The summed E-state index contributed by atoms with van der Waals surface area (Å²) in [4.78, 5) is 12.1. The van der Waals surface area contributed by atoms with E-state index in [0.29, 0.717) is 31.9 Å². The second-order valence-electron chi connectivity index (χ2n) is 5.65. The summed E-state index contributed by atoms with van der Waals surface area (Å²) in [6, 6.07) is 10.9. The molecule has 0 aliphatic carbocycles. The van der Waals surface area contributed by atoms with Gasteiger partial charge in [-0.2, -0.15) is 0 Å². The van der Waals surface area contributed by atoms with E-state index in [1.807, 2.05) is 0 Å². The van der Waals surface area contributed by atoms with Crippen LogP contribution in [0, 0.1) is 5.82 Å². The van der Waals surface area contributed by atoms with E-state index in [4.69, 9.17) is 4.74 Å². The third kappa shape index (κ3) is 4.37. The average Bonchev–Trinajstić information content (AvgIpc) is 2.64. The molecule has 0 atom stereocenters. The van der Waals surface area contributed by atoms with Gasteiger partial charge in [-0.05, 0) is 36.4 Å². The van der Waals surface area contributed by atoms with Crippen molar-refractivity contribution in [3.63, 3.8) is 0 Å². The lowest BCUT2D eigenvalue weighted by Crippen LogP contribution is -2.48. The van der Waals surface area contributed by atoms with Crippen LogP contribution in [0.25, 0.3) is 0 Å². The van der Waals surface area contributed by atoms with E-state index in [-0.39, 0.29) is 16.5 Å². The number of anilines is 1. The Hall–Kier alpha value is -2.49. The molecule has 0 radical (unpaired) electrons. The molecule has 26 heavy (non-hydrogen) atoms. The van der Waals surface area contributed by atoms with E-state index in [1.165, 1.54) is 42.5 Å². The van der Waals surface area contributed by atoms with E-state index in [0.717, 1.165) is 6.07 Å². The zero-order chi connectivity index (χ0) is 18.6. The van der Waals surface area contributed by atoms with Crippen molar-refractivity contribution >= 4 is 21.6 Å². The second-order valence-corrected chi connectivity index (χ2v) is 7.33. The molecule has 3 rings (SSSR count). The third-order valence-corrected chi connectivity index (χ3v) is 5.20. The van der Waals surface area contributed by atoms with Gasteiger partial charge in [0.05, 0.1) is 23.8 Å². The molecular formula is C17H18FN3O4S. The Bertz CT molecular complexity index is 881. The van der Waals surface area contributed by atoms with Crippen LogP contribution in [0.2, 0.25) is 0 Å². The minimum atomic E-state index is -3.95. The highest BCUT2D eigenvalue weighted by molar-refractivity contribution is 7.92. The number of para-hydroxylation sites is 1. The fourth-order valence-corrected chi connectivity index (χ4v) is 3.48. The summed E-state index contributed by atoms with van der Waals surface area (Å²) in [5.41, 5.74) is 2.92. The van der Waals surface area contributed by atoms with E-state index in [2.05, 4.69) is 10.1 Å². The fraction of sp³-hybridized carbons (Fsp3) is 0.235. The molecule has 1 saturated heterocycles. The Labute approximate surface area is 150 Å². The number of hydrogen-bond acceptors (Lipinski definition) is 5. The SMILES string of the molecule is O=C(NN1CCOCC1)c1ccc(S(=O)(=O)Nc2ccccc2F)cc1. The number of rotatable bonds is 5. The molecule has 138 valence electrons. The first kappa shape index (κ1) is 18.3. The highest BCUT2D eigenvalue weighted by Crippen LogP contribution is 2.19. The molecule has 0 aromatic heterocycles. The molecule has 1 heterocycles. The van der Waals surface area contributed by atoms with Crippen LogP contribution < -0.4 is 10.1 Å². The normalized spacial score (nSPS) is 15.4. The summed E-state index contributed by atoms with van der Waals surface area (Å²) in [6.07, 6.45) is 0. The van der Waals surface area contributed by atoms with Crippen LogP contribution in [0.4, 0.5) is 10.1 Å². The van der Waals surface area contributed by atoms with Crippen molar-refractivity contribution in [1.82, 2.24) is 10.4 Å². The second kappa shape index (κ2) is 7.81. The number of carbonyl (C=O) groups excluding carboxylic acids is 1. The minimum absolute atomic E-state index is 0.0660. The van der Waals surface area contributed by atoms with E-state index in [1.54, 1.807) is 5.01 Å². The maximum absolute atomic E-state index is 13.6. The molecule has 1 amide bonds. The largest absolute Gasteiger partial charge is 0.379 e. The lowest BCUT2D eigenvalue weighted by Gasteiger charge is -2.26. The van der Waals surface area contributed by atoms with Crippen LogP contribution in [0.1, 0.15) is 10.4 Å². The zero-order valence-electron chi connectivity index (χ0n) is 13.8. The Kier molecular flexibility index (Phi) is 5.50. The summed E-state index contributed by atoms with van der Waals surface area (Å²) < 4.78 is 45.7. The predicted molar refractivity (Wildman–Crippen MR) is 93.5 cm³/mol. The molecule has 0 saturated carbocycles. The van der Waals surface area contributed by atoms with Crippen molar-refractivity contribution < 1.29 is 22.3 Å². The Morgan fingerprint density at radius 2 is 1.69 bits per heavy atom. The molecule has 1 fully saturated rings. The van der Waals surface area contributed by atoms with Gasteiger partial charge in [-0.3, -0.25) is 14.9 Å². The Morgan fingerprint density at radius 3 is 2.35 bits per heavy atom. The van der Waals surface area contributed by atoms with Gasteiger partial charge >= 0.3 is 0 Å². The number of morpholine rings is 1. The molecule has 0 unspecified atom stereocenters. The lowest BCUT2D eigenvalue weighted by atomic mass is 10.2. The molecule has 1 aliphatic heterocycles. The highest BCUT2D eigenvalue weighted by Gasteiger charge is 2.18. The van der Waals surface area contributed by atoms with Crippen molar-refractivity contribution in [3.8, 4) is 0 Å². The first-order valence-corrected chi connectivity index (χ1v) is 9.45. The van der Waals surface area contributed by atoms with Crippen molar-refractivity contribution in [3.05, 3.63) is 59.9 Å². The number of nitrogens with zero attached hydrogens (tertiary/aromatic N) is 1. The number of halogens is 1. The molecule has 7 nitrogen and oxygen atoms in total. The maximum atomic E-state index is 13.6. The third-order valence-electron chi connectivity index (χ3n) is 3.82. The summed E-state index contributed by atoms with van der Waals surface area (Å²) in [6.45, 7) is 2.26. The van der Waals surface area contributed by atoms with Crippen LogP contribution in [0.5, 0.6) is 0 Å². The summed E-state index contributed by atoms with van der Waals surface area (Å²) >= 11 is 0. The van der Waals surface area contributed by atoms with Crippen molar-refractivity contribution in [2.75, 3.05) is 31.0 Å². The zero-order valence-corrected chi connectivity index (χ0v) is 14.6. The molecule has 2 aromatic carbocycles. The number of hydrogen-bond donors (Lipinski definition) is 2. The predicted octanol–water partition coefficient (Wildman–Crippen LogP) is 1.60. The number of carbonyl (C=O) groups is 1. The topological polar surface area (TPSA) is 87.7 Å². The van der Waals surface area contributed by atoms with Crippen LogP contribution in [-0.4, -0.2) is 45.6 Å². The van der Waals surface area contributed by atoms with Gasteiger partial charge in [0.15, 0.2) is 0 Å². The standard InChI is InChI=1S/C17H18FN3O4S/c18-15-3-1-2-4-16(15)20-26(23,24)14-7-5-13(6-8-14)17(22)19-21-9-11-25-12-10-21/h1-8,20H,9-12H2,(H,19,22). The Morgan fingerprint density at radius 1 is 1.04 bits per heavy atom. The first-order chi connectivity index (χ1) is 12.5.